The second-order valence-electron chi connectivity index (χ2n) is 6.12. The molecule has 1 aromatic carbocycles. The van der Waals surface area contributed by atoms with Gasteiger partial charge < -0.3 is 10.2 Å². The van der Waals surface area contributed by atoms with Crippen molar-refractivity contribution in [2.75, 3.05) is 20.1 Å². The van der Waals surface area contributed by atoms with Crippen LogP contribution in [-0.2, 0) is 11.3 Å². The van der Waals surface area contributed by atoms with E-state index in [-0.39, 0.29) is 18.0 Å². The van der Waals surface area contributed by atoms with Crippen molar-refractivity contribution >= 4 is 16.8 Å². The first kappa shape index (κ1) is 15.7. The normalized spacial score (nSPS) is 18.3. The van der Waals surface area contributed by atoms with Gasteiger partial charge >= 0.3 is 0 Å². The molecule has 0 saturated carbocycles. The van der Waals surface area contributed by atoms with Gasteiger partial charge in [-0.3, -0.25) is 14.2 Å². The van der Waals surface area contributed by atoms with Gasteiger partial charge in [-0.2, -0.15) is 0 Å². The molecule has 0 spiro atoms. The number of amides is 1. The van der Waals surface area contributed by atoms with E-state index in [1.165, 1.54) is 10.9 Å². The van der Waals surface area contributed by atoms with Crippen molar-refractivity contribution in [1.29, 1.82) is 0 Å². The summed E-state index contributed by atoms with van der Waals surface area (Å²) in [5.74, 6) is -0.0270. The van der Waals surface area contributed by atoms with Crippen LogP contribution in [0.15, 0.2) is 29.3 Å². The van der Waals surface area contributed by atoms with Crippen LogP contribution < -0.4 is 10.9 Å². The number of aryl methyl sites for hydroxylation is 1. The Labute approximate surface area is 135 Å². The Morgan fingerprint density at radius 2 is 2.26 bits per heavy atom. The third-order valence-corrected chi connectivity index (χ3v) is 4.54. The number of rotatable bonds is 3. The molecule has 0 radical (unpaired) electrons. The minimum absolute atomic E-state index is 0.0270. The standard InChI is InChI=1S/C17H22N4O2/c1-12-5-3-7-14-16(12)19-11-21(17(14)23)10-15(22)20-8-4-6-13(9-20)18-2/h3,5,7,11,13,18H,4,6,8-10H2,1-2H3. The number of nitrogens with zero attached hydrogens (tertiary/aromatic N) is 3. The molecule has 1 unspecified atom stereocenters. The monoisotopic (exact) mass is 314 g/mol. The number of carbonyl (C=O) groups is 1. The maximum Gasteiger partial charge on any atom is 0.261 e. The maximum absolute atomic E-state index is 12.6. The predicted octanol–water partition coefficient (Wildman–Crippen LogP) is 0.915. The van der Waals surface area contributed by atoms with Crippen molar-refractivity contribution < 1.29 is 4.79 Å². The molecule has 6 heteroatoms. The molecular weight excluding hydrogens is 292 g/mol. The molecular formula is C17H22N4O2. The first-order valence-electron chi connectivity index (χ1n) is 8.00. The fourth-order valence-electron chi connectivity index (χ4n) is 3.14. The molecule has 6 nitrogen and oxygen atoms in total. The molecule has 1 atom stereocenters. The van der Waals surface area contributed by atoms with Crippen LogP contribution >= 0.6 is 0 Å². The molecule has 2 aromatic rings. The van der Waals surface area contributed by atoms with Crippen LogP contribution in [0.5, 0.6) is 0 Å². The number of likely N-dealkylation sites (tertiary alicyclic amines) is 1. The third kappa shape index (κ3) is 3.12. The topological polar surface area (TPSA) is 67.2 Å². The first-order valence-corrected chi connectivity index (χ1v) is 8.00. The van der Waals surface area contributed by atoms with Crippen LogP contribution in [0, 0.1) is 6.92 Å². The van der Waals surface area contributed by atoms with Crippen molar-refractivity contribution in [3.05, 3.63) is 40.4 Å². The highest BCUT2D eigenvalue weighted by molar-refractivity contribution is 5.81. The number of likely N-dealkylation sites (N-methyl/N-ethyl adjacent to an activating group) is 1. The molecule has 1 N–H and O–H groups in total. The van der Waals surface area contributed by atoms with E-state index in [0.717, 1.165) is 24.9 Å². The van der Waals surface area contributed by atoms with Crippen LogP contribution in [-0.4, -0.2) is 46.5 Å². The fraction of sp³-hybridized carbons (Fsp3) is 0.471. The molecule has 23 heavy (non-hydrogen) atoms. The zero-order valence-electron chi connectivity index (χ0n) is 13.6. The number of benzene rings is 1. The molecule has 122 valence electrons. The summed E-state index contributed by atoms with van der Waals surface area (Å²) in [4.78, 5) is 31.2. The number of para-hydroxylation sites is 1. The van der Waals surface area contributed by atoms with Gasteiger partial charge in [0, 0.05) is 19.1 Å². The Hall–Kier alpha value is -2.21. The van der Waals surface area contributed by atoms with Crippen molar-refractivity contribution in [2.45, 2.75) is 32.4 Å². The van der Waals surface area contributed by atoms with Crippen molar-refractivity contribution in [2.24, 2.45) is 0 Å². The first-order chi connectivity index (χ1) is 11.1. The van der Waals surface area contributed by atoms with Crippen LogP contribution in [0.3, 0.4) is 0 Å². The van der Waals surface area contributed by atoms with Gasteiger partial charge in [0.15, 0.2) is 0 Å². The number of fused-ring (bicyclic) bond motifs is 1. The van der Waals surface area contributed by atoms with Crippen molar-refractivity contribution in [3.8, 4) is 0 Å². The Morgan fingerprint density at radius 3 is 3.04 bits per heavy atom. The number of hydrogen-bond acceptors (Lipinski definition) is 4. The van der Waals surface area contributed by atoms with Gasteiger partial charge in [0.25, 0.3) is 5.56 Å². The van der Waals surface area contributed by atoms with Gasteiger partial charge in [-0.05, 0) is 38.4 Å². The fourth-order valence-corrected chi connectivity index (χ4v) is 3.14. The summed E-state index contributed by atoms with van der Waals surface area (Å²) in [6, 6.07) is 5.86. The molecule has 3 rings (SSSR count). The molecule has 0 bridgehead atoms. The highest BCUT2D eigenvalue weighted by Crippen LogP contribution is 2.12. The molecule has 1 saturated heterocycles. The van der Waals surface area contributed by atoms with E-state index in [2.05, 4.69) is 10.3 Å². The highest BCUT2D eigenvalue weighted by Gasteiger charge is 2.23. The number of carbonyl (C=O) groups excluding carboxylic acids is 1. The van der Waals surface area contributed by atoms with Gasteiger partial charge in [-0.15, -0.1) is 0 Å². The average Bonchev–Trinajstić information content (AvgIpc) is 2.58. The van der Waals surface area contributed by atoms with Gasteiger partial charge in [0.2, 0.25) is 5.91 Å². The van der Waals surface area contributed by atoms with E-state index in [1.54, 1.807) is 6.07 Å². The van der Waals surface area contributed by atoms with E-state index in [4.69, 9.17) is 0 Å². The lowest BCUT2D eigenvalue weighted by Crippen LogP contribution is -2.48. The van der Waals surface area contributed by atoms with Crippen molar-refractivity contribution in [3.63, 3.8) is 0 Å². The molecule has 1 amide bonds. The predicted molar refractivity (Wildman–Crippen MR) is 89.4 cm³/mol. The lowest BCUT2D eigenvalue weighted by molar-refractivity contribution is -0.133. The zero-order chi connectivity index (χ0) is 16.4. The molecule has 1 aliphatic heterocycles. The largest absolute Gasteiger partial charge is 0.340 e. The third-order valence-electron chi connectivity index (χ3n) is 4.54. The number of nitrogens with one attached hydrogen (secondary N) is 1. The second kappa shape index (κ2) is 6.50. The number of piperidine rings is 1. The zero-order valence-corrected chi connectivity index (χ0v) is 13.6. The summed E-state index contributed by atoms with van der Waals surface area (Å²) in [6.07, 6.45) is 3.55. The smallest absolute Gasteiger partial charge is 0.261 e. The molecule has 2 heterocycles. The van der Waals surface area contributed by atoms with E-state index in [0.29, 0.717) is 23.5 Å². The van der Waals surface area contributed by atoms with E-state index in [1.807, 2.05) is 31.0 Å². The minimum atomic E-state index is -0.158. The van der Waals surface area contributed by atoms with Crippen LogP contribution in [0.2, 0.25) is 0 Å². The molecule has 1 fully saturated rings. The lowest BCUT2D eigenvalue weighted by Gasteiger charge is -2.32. The second-order valence-corrected chi connectivity index (χ2v) is 6.12. The van der Waals surface area contributed by atoms with E-state index >= 15 is 0 Å². The Morgan fingerprint density at radius 1 is 1.43 bits per heavy atom. The summed E-state index contributed by atoms with van der Waals surface area (Å²) < 4.78 is 1.41. The average molecular weight is 314 g/mol. The summed E-state index contributed by atoms with van der Waals surface area (Å²) in [7, 11) is 1.92. The van der Waals surface area contributed by atoms with Gasteiger partial charge in [-0.25, -0.2) is 4.98 Å². The summed E-state index contributed by atoms with van der Waals surface area (Å²) in [5.41, 5.74) is 1.51. The van der Waals surface area contributed by atoms with Crippen LogP contribution in [0.4, 0.5) is 0 Å². The highest BCUT2D eigenvalue weighted by atomic mass is 16.2. The Kier molecular flexibility index (Phi) is 4.43. The summed E-state index contributed by atoms with van der Waals surface area (Å²) in [6.45, 7) is 3.43. The number of aromatic nitrogens is 2. The number of hydrogen-bond donors (Lipinski definition) is 1. The minimum Gasteiger partial charge on any atom is -0.340 e. The van der Waals surface area contributed by atoms with Gasteiger partial charge in [0.05, 0.1) is 17.2 Å². The van der Waals surface area contributed by atoms with Crippen LogP contribution in [0.1, 0.15) is 18.4 Å². The maximum atomic E-state index is 12.6. The molecule has 1 aliphatic rings. The Balaban J connectivity index is 1.83. The lowest BCUT2D eigenvalue weighted by atomic mass is 10.1. The van der Waals surface area contributed by atoms with E-state index in [9.17, 15) is 9.59 Å². The quantitative estimate of drug-likeness (QED) is 0.915. The molecule has 0 aliphatic carbocycles. The van der Waals surface area contributed by atoms with E-state index < -0.39 is 0 Å². The van der Waals surface area contributed by atoms with Crippen LogP contribution in [0.25, 0.3) is 10.9 Å². The SMILES string of the molecule is CNC1CCCN(C(=O)Cn2cnc3c(C)cccc3c2=O)C1. The Bertz CT molecular complexity index is 784. The van der Waals surface area contributed by atoms with Gasteiger partial charge in [0.1, 0.15) is 6.54 Å². The summed E-state index contributed by atoms with van der Waals surface area (Å²) in [5, 5.41) is 3.78. The molecule has 1 aromatic heterocycles. The van der Waals surface area contributed by atoms with Gasteiger partial charge in [-0.1, -0.05) is 12.1 Å². The van der Waals surface area contributed by atoms with Crippen molar-refractivity contribution in [1.82, 2.24) is 19.8 Å². The summed E-state index contributed by atoms with van der Waals surface area (Å²) >= 11 is 0.